The van der Waals surface area contributed by atoms with Crippen molar-refractivity contribution in [1.29, 1.82) is 0 Å². The predicted molar refractivity (Wildman–Crippen MR) is 84.0 cm³/mol. The van der Waals surface area contributed by atoms with E-state index in [1.54, 1.807) is 6.20 Å². The Bertz CT molecular complexity index is 568. The van der Waals surface area contributed by atoms with Gasteiger partial charge in [0.05, 0.1) is 18.1 Å². The minimum absolute atomic E-state index is 0.713. The summed E-state index contributed by atoms with van der Waals surface area (Å²) in [7, 11) is 0. The van der Waals surface area contributed by atoms with Crippen LogP contribution in [0.5, 0.6) is 0 Å². The minimum Gasteiger partial charge on any atom is -0.397 e. The van der Waals surface area contributed by atoms with Crippen molar-refractivity contribution in [2.75, 3.05) is 36.8 Å². The van der Waals surface area contributed by atoms with Crippen LogP contribution in [0.1, 0.15) is 12.5 Å². The molecule has 0 radical (unpaired) electrons. The van der Waals surface area contributed by atoms with Crippen molar-refractivity contribution in [1.82, 2.24) is 19.7 Å². The third kappa shape index (κ3) is 3.33. The molecule has 3 heterocycles. The third-order valence-electron chi connectivity index (χ3n) is 3.88. The molecule has 0 aliphatic carbocycles. The molecule has 112 valence electrons. The van der Waals surface area contributed by atoms with Crippen LogP contribution in [0.15, 0.2) is 30.7 Å². The molecule has 1 aliphatic rings. The van der Waals surface area contributed by atoms with Gasteiger partial charge < -0.3 is 10.6 Å². The molecule has 0 atom stereocenters. The van der Waals surface area contributed by atoms with Crippen molar-refractivity contribution in [3.8, 4) is 0 Å². The summed E-state index contributed by atoms with van der Waals surface area (Å²) in [6.07, 6.45) is 5.83. The summed E-state index contributed by atoms with van der Waals surface area (Å²) >= 11 is 0. The van der Waals surface area contributed by atoms with E-state index in [1.165, 1.54) is 5.56 Å². The van der Waals surface area contributed by atoms with Crippen molar-refractivity contribution in [2.24, 2.45) is 0 Å². The summed E-state index contributed by atoms with van der Waals surface area (Å²) in [6.45, 7) is 8.10. The Hall–Kier alpha value is -2.08. The molecule has 0 amide bonds. The number of piperazine rings is 1. The van der Waals surface area contributed by atoms with E-state index in [9.17, 15) is 0 Å². The molecule has 1 fully saturated rings. The molecule has 0 aromatic carbocycles. The summed E-state index contributed by atoms with van der Waals surface area (Å²) in [5, 5.41) is 4.33. The van der Waals surface area contributed by atoms with Crippen LogP contribution in [0.4, 0.5) is 11.5 Å². The second-order valence-corrected chi connectivity index (χ2v) is 5.42. The molecular formula is C15H22N6. The zero-order valence-corrected chi connectivity index (χ0v) is 12.4. The minimum atomic E-state index is 0.713. The van der Waals surface area contributed by atoms with Crippen LogP contribution in [0, 0.1) is 0 Å². The molecule has 1 saturated heterocycles. The highest BCUT2D eigenvalue weighted by Gasteiger charge is 2.18. The fraction of sp³-hybridized carbons (Fsp3) is 0.467. The molecule has 2 aromatic heterocycles. The van der Waals surface area contributed by atoms with Crippen molar-refractivity contribution >= 4 is 11.5 Å². The topological polar surface area (TPSA) is 63.2 Å². The Labute approximate surface area is 125 Å². The van der Waals surface area contributed by atoms with Crippen LogP contribution < -0.4 is 10.6 Å². The number of pyridine rings is 1. The van der Waals surface area contributed by atoms with Crippen molar-refractivity contribution in [3.63, 3.8) is 0 Å². The van der Waals surface area contributed by atoms with E-state index < -0.39 is 0 Å². The van der Waals surface area contributed by atoms with Gasteiger partial charge in [-0.2, -0.15) is 5.10 Å². The van der Waals surface area contributed by atoms with E-state index in [2.05, 4.69) is 33.0 Å². The van der Waals surface area contributed by atoms with Crippen molar-refractivity contribution < 1.29 is 0 Å². The first kappa shape index (κ1) is 13.9. The van der Waals surface area contributed by atoms with Crippen LogP contribution >= 0.6 is 0 Å². The summed E-state index contributed by atoms with van der Waals surface area (Å²) < 4.78 is 1.98. The molecule has 0 bridgehead atoms. The summed E-state index contributed by atoms with van der Waals surface area (Å²) in [5.41, 5.74) is 7.68. The van der Waals surface area contributed by atoms with Crippen molar-refractivity contribution in [2.45, 2.75) is 20.0 Å². The van der Waals surface area contributed by atoms with Gasteiger partial charge in [-0.1, -0.05) is 0 Å². The summed E-state index contributed by atoms with van der Waals surface area (Å²) in [4.78, 5) is 9.17. The number of nitrogens with zero attached hydrogens (tertiary/aromatic N) is 5. The predicted octanol–water partition coefficient (Wildman–Crippen LogP) is 1.20. The Kier molecular flexibility index (Phi) is 4.06. The standard InChI is InChI=1S/C15H22N6/c1-2-21-12-13(9-18-21)11-19-5-7-20(8-6-19)15-4-3-14(16)10-17-15/h3-4,9-10,12H,2,5-8,11,16H2,1H3. The van der Waals surface area contributed by atoms with Crippen molar-refractivity contribution in [3.05, 3.63) is 36.3 Å². The highest BCUT2D eigenvalue weighted by molar-refractivity contribution is 5.46. The van der Waals surface area contributed by atoms with Gasteiger partial charge in [0, 0.05) is 51.0 Å². The average Bonchev–Trinajstić information content (AvgIpc) is 2.97. The van der Waals surface area contributed by atoms with Crippen LogP contribution in [0.25, 0.3) is 0 Å². The monoisotopic (exact) mass is 286 g/mol. The largest absolute Gasteiger partial charge is 0.397 e. The third-order valence-corrected chi connectivity index (χ3v) is 3.88. The highest BCUT2D eigenvalue weighted by atomic mass is 15.3. The first-order valence-electron chi connectivity index (χ1n) is 7.45. The molecule has 3 rings (SSSR count). The number of rotatable bonds is 4. The fourth-order valence-corrected chi connectivity index (χ4v) is 2.64. The van der Waals surface area contributed by atoms with E-state index in [1.807, 2.05) is 23.0 Å². The highest BCUT2D eigenvalue weighted by Crippen LogP contribution is 2.15. The lowest BCUT2D eigenvalue weighted by Gasteiger charge is -2.35. The van der Waals surface area contributed by atoms with Gasteiger partial charge in [-0.25, -0.2) is 4.98 Å². The Morgan fingerprint density at radius 2 is 1.95 bits per heavy atom. The van der Waals surface area contributed by atoms with Gasteiger partial charge >= 0.3 is 0 Å². The summed E-state index contributed by atoms with van der Waals surface area (Å²) in [5.74, 6) is 1.02. The first-order valence-corrected chi connectivity index (χ1v) is 7.45. The van der Waals surface area contributed by atoms with Crippen LogP contribution in [0.3, 0.4) is 0 Å². The lowest BCUT2D eigenvalue weighted by Crippen LogP contribution is -2.46. The van der Waals surface area contributed by atoms with Crippen LogP contribution in [0.2, 0.25) is 0 Å². The van der Waals surface area contributed by atoms with E-state index >= 15 is 0 Å². The van der Waals surface area contributed by atoms with Crippen LogP contribution in [-0.4, -0.2) is 45.8 Å². The molecule has 21 heavy (non-hydrogen) atoms. The number of aromatic nitrogens is 3. The van der Waals surface area contributed by atoms with E-state index in [-0.39, 0.29) is 0 Å². The molecule has 1 aliphatic heterocycles. The lowest BCUT2D eigenvalue weighted by atomic mass is 10.2. The first-order chi connectivity index (χ1) is 10.2. The maximum absolute atomic E-state index is 5.68. The molecule has 6 heteroatoms. The van der Waals surface area contributed by atoms with Gasteiger partial charge in [0.2, 0.25) is 0 Å². The van der Waals surface area contributed by atoms with Gasteiger partial charge in [-0.15, -0.1) is 0 Å². The maximum atomic E-state index is 5.68. The average molecular weight is 286 g/mol. The van der Waals surface area contributed by atoms with Gasteiger partial charge in [-0.3, -0.25) is 9.58 Å². The van der Waals surface area contributed by atoms with Crippen LogP contribution in [-0.2, 0) is 13.1 Å². The quantitative estimate of drug-likeness (QED) is 0.915. The normalized spacial score (nSPS) is 16.3. The Balaban J connectivity index is 1.54. The van der Waals surface area contributed by atoms with Gasteiger partial charge in [0.1, 0.15) is 5.82 Å². The summed E-state index contributed by atoms with van der Waals surface area (Å²) in [6, 6.07) is 3.91. The fourth-order valence-electron chi connectivity index (χ4n) is 2.64. The molecular weight excluding hydrogens is 264 g/mol. The number of aryl methyl sites for hydroxylation is 1. The van der Waals surface area contributed by atoms with E-state index in [0.29, 0.717) is 5.69 Å². The zero-order valence-electron chi connectivity index (χ0n) is 12.4. The van der Waals surface area contributed by atoms with E-state index in [4.69, 9.17) is 5.73 Å². The molecule has 2 aromatic rings. The Morgan fingerprint density at radius 1 is 1.14 bits per heavy atom. The van der Waals surface area contributed by atoms with Gasteiger partial charge in [0.25, 0.3) is 0 Å². The SMILES string of the molecule is CCn1cc(CN2CCN(c3ccc(N)cn3)CC2)cn1. The van der Waals surface area contributed by atoms with E-state index in [0.717, 1.165) is 45.1 Å². The number of nitrogens with two attached hydrogens (primary N) is 1. The molecule has 2 N–H and O–H groups in total. The molecule has 0 saturated carbocycles. The molecule has 6 nitrogen and oxygen atoms in total. The molecule has 0 unspecified atom stereocenters. The lowest BCUT2D eigenvalue weighted by molar-refractivity contribution is 0.249. The second-order valence-electron chi connectivity index (χ2n) is 5.42. The number of hydrogen-bond acceptors (Lipinski definition) is 5. The smallest absolute Gasteiger partial charge is 0.128 e. The number of nitrogen functional groups attached to an aromatic ring is 1. The van der Waals surface area contributed by atoms with Gasteiger partial charge in [0.15, 0.2) is 0 Å². The number of anilines is 2. The zero-order chi connectivity index (χ0) is 14.7. The second kappa shape index (κ2) is 6.13. The van der Waals surface area contributed by atoms with Gasteiger partial charge in [-0.05, 0) is 19.1 Å². The molecule has 0 spiro atoms. The Morgan fingerprint density at radius 3 is 2.57 bits per heavy atom. The maximum Gasteiger partial charge on any atom is 0.128 e. The number of hydrogen-bond donors (Lipinski definition) is 1.